The van der Waals surface area contributed by atoms with Crippen molar-refractivity contribution in [2.24, 2.45) is 0 Å². The topological polar surface area (TPSA) is 24.5 Å². The van der Waals surface area contributed by atoms with Crippen molar-refractivity contribution in [3.8, 4) is 0 Å². The average Bonchev–Trinajstić information content (AvgIpc) is 2.44. The molecule has 0 saturated carbocycles. The third-order valence-electron chi connectivity index (χ3n) is 3.41. The van der Waals surface area contributed by atoms with Gasteiger partial charge in [-0.05, 0) is 45.0 Å². The Labute approximate surface area is 122 Å². The fourth-order valence-corrected chi connectivity index (χ4v) is 2.24. The fraction of sp³-hybridized carbons (Fsp3) is 0.625. The number of nitrogens with one attached hydrogen (secondary N) is 1. The predicted octanol–water partition coefficient (Wildman–Crippen LogP) is 3.36. The number of nitrogens with zero attached hydrogens (tertiary/aromatic N) is 1. The minimum Gasteiger partial charge on any atom is -0.380 e. The Morgan fingerprint density at radius 1 is 1.30 bits per heavy atom. The highest BCUT2D eigenvalue weighted by molar-refractivity contribution is 5.49. The second-order valence-electron chi connectivity index (χ2n) is 4.77. The van der Waals surface area contributed by atoms with Gasteiger partial charge in [0.1, 0.15) is 5.82 Å². The Balaban J connectivity index is 2.79. The summed E-state index contributed by atoms with van der Waals surface area (Å²) in [5, 5.41) is 3.29. The van der Waals surface area contributed by atoms with Gasteiger partial charge in [-0.3, -0.25) is 0 Å². The standard InChI is InChI=1S/C16H27FN2O/c1-5-18-13(4)14-8-9-16(15(17)12-14)19(6-2)10-11-20-7-3/h8-9,12-13,18H,5-7,10-11H2,1-4H3. The van der Waals surface area contributed by atoms with Crippen molar-refractivity contribution in [1.82, 2.24) is 5.32 Å². The number of rotatable bonds is 9. The van der Waals surface area contributed by atoms with Gasteiger partial charge in [-0.25, -0.2) is 4.39 Å². The summed E-state index contributed by atoms with van der Waals surface area (Å²) in [6.07, 6.45) is 0. The molecule has 4 heteroatoms. The van der Waals surface area contributed by atoms with Crippen LogP contribution in [0, 0.1) is 5.82 Å². The SMILES string of the molecule is CCNC(C)c1ccc(N(CC)CCOCC)c(F)c1. The molecule has 0 aliphatic rings. The van der Waals surface area contributed by atoms with E-state index in [1.165, 1.54) is 0 Å². The molecule has 0 aromatic heterocycles. The van der Waals surface area contributed by atoms with Gasteiger partial charge in [-0.1, -0.05) is 13.0 Å². The van der Waals surface area contributed by atoms with Crippen molar-refractivity contribution in [1.29, 1.82) is 0 Å². The van der Waals surface area contributed by atoms with E-state index in [0.29, 0.717) is 25.4 Å². The third-order valence-corrected chi connectivity index (χ3v) is 3.41. The van der Waals surface area contributed by atoms with E-state index in [1.807, 2.05) is 44.7 Å². The molecule has 1 unspecified atom stereocenters. The Kier molecular flexibility index (Phi) is 7.55. The van der Waals surface area contributed by atoms with Gasteiger partial charge in [0, 0.05) is 25.7 Å². The van der Waals surface area contributed by atoms with E-state index in [1.54, 1.807) is 6.07 Å². The monoisotopic (exact) mass is 282 g/mol. The molecule has 1 aromatic rings. The van der Waals surface area contributed by atoms with E-state index in [9.17, 15) is 4.39 Å². The summed E-state index contributed by atoms with van der Waals surface area (Å²) in [5.74, 6) is -0.161. The van der Waals surface area contributed by atoms with Gasteiger partial charge >= 0.3 is 0 Å². The summed E-state index contributed by atoms with van der Waals surface area (Å²) in [7, 11) is 0. The van der Waals surface area contributed by atoms with E-state index >= 15 is 0 Å². The van der Waals surface area contributed by atoms with Crippen LogP contribution in [0.1, 0.15) is 39.3 Å². The zero-order valence-electron chi connectivity index (χ0n) is 13.1. The molecule has 0 fully saturated rings. The van der Waals surface area contributed by atoms with Crippen LogP contribution >= 0.6 is 0 Å². The lowest BCUT2D eigenvalue weighted by atomic mass is 10.1. The van der Waals surface area contributed by atoms with Gasteiger partial charge in [0.15, 0.2) is 0 Å². The molecule has 0 aliphatic carbocycles. The van der Waals surface area contributed by atoms with Crippen molar-refractivity contribution in [3.63, 3.8) is 0 Å². The first-order valence-corrected chi connectivity index (χ1v) is 7.49. The molecule has 1 aromatic carbocycles. The van der Waals surface area contributed by atoms with Crippen LogP contribution < -0.4 is 10.2 Å². The molecule has 114 valence electrons. The molecule has 0 heterocycles. The van der Waals surface area contributed by atoms with Crippen molar-refractivity contribution >= 4 is 5.69 Å². The van der Waals surface area contributed by atoms with Gasteiger partial charge in [-0.15, -0.1) is 0 Å². The maximum absolute atomic E-state index is 14.3. The normalized spacial score (nSPS) is 12.4. The van der Waals surface area contributed by atoms with E-state index in [0.717, 1.165) is 18.7 Å². The molecule has 20 heavy (non-hydrogen) atoms. The molecular formula is C16H27FN2O. The van der Waals surface area contributed by atoms with Gasteiger partial charge in [0.2, 0.25) is 0 Å². The first-order chi connectivity index (χ1) is 9.63. The largest absolute Gasteiger partial charge is 0.380 e. The van der Waals surface area contributed by atoms with E-state index in [-0.39, 0.29) is 11.9 Å². The number of likely N-dealkylation sites (N-methyl/N-ethyl adjacent to an activating group) is 1. The van der Waals surface area contributed by atoms with Gasteiger partial charge in [-0.2, -0.15) is 0 Å². The summed E-state index contributed by atoms with van der Waals surface area (Å²) in [5.41, 5.74) is 1.63. The minimum atomic E-state index is -0.161. The van der Waals surface area contributed by atoms with E-state index in [4.69, 9.17) is 4.74 Å². The van der Waals surface area contributed by atoms with Crippen molar-refractivity contribution in [2.75, 3.05) is 37.7 Å². The molecule has 0 bridgehead atoms. The molecule has 0 saturated heterocycles. The van der Waals surface area contributed by atoms with Crippen LogP contribution in [0.15, 0.2) is 18.2 Å². The average molecular weight is 282 g/mol. The second kappa shape index (κ2) is 8.93. The highest BCUT2D eigenvalue weighted by Crippen LogP contribution is 2.23. The minimum absolute atomic E-state index is 0.161. The lowest BCUT2D eigenvalue weighted by Gasteiger charge is -2.24. The van der Waals surface area contributed by atoms with E-state index in [2.05, 4.69) is 5.32 Å². The quantitative estimate of drug-likeness (QED) is 0.703. The number of anilines is 1. The van der Waals surface area contributed by atoms with Crippen molar-refractivity contribution in [2.45, 2.75) is 33.7 Å². The zero-order chi connectivity index (χ0) is 15.0. The summed E-state index contributed by atoms with van der Waals surface area (Å²) in [6.45, 7) is 11.8. The Morgan fingerprint density at radius 2 is 2.05 bits per heavy atom. The van der Waals surface area contributed by atoms with Crippen LogP contribution in [0.3, 0.4) is 0 Å². The zero-order valence-corrected chi connectivity index (χ0v) is 13.1. The highest BCUT2D eigenvalue weighted by atomic mass is 19.1. The highest BCUT2D eigenvalue weighted by Gasteiger charge is 2.12. The van der Waals surface area contributed by atoms with Gasteiger partial charge in [0.05, 0.1) is 12.3 Å². The number of benzene rings is 1. The molecule has 1 rings (SSSR count). The molecule has 0 radical (unpaired) electrons. The Bertz CT molecular complexity index is 398. The maximum atomic E-state index is 14.3. The second-order valence-corrected chi connectivity index (χ2v) is 4.77. The molecule has 0 spiro atoms. The summed E-state index contributed by atoms with van der Waals surface area (Å²) in [6, 6.07) is 5.66. The van der Waals surface area contributed by atoms with Crippen LogP contribution in [-0.2, 0) is 4.74 Å². The number of hydrogen-bond donors (Lipinski definition) is 1. The maximum Gasteiger partial charge on any atom is 0.146 e. The van der Waals surface area contributed by atoms with Crippen LogP contribution in [0.5, 0.6) is 0 Å². The van der Waals surface area contributed by atoms with Crippen LogP contribution in [0.4, 0.5) is 10.1 Å². The van der Waals surface area contributed by atoms with Crippen LogP contribution in [-0.4, -0.2) is 32.8 Å². The molecule has 1 N–H and O–H groups in total. The van der Waals surface area contributed by atoms with Crippen LogP contribution in [0.25, 0.3) is 0 Å². The molecular weight excluding hydrogens is 255 g/mol. The first-order valence-electron chi connectivity index (χ1n) is 7.49. The molecule has 0 amide bonds. The lowest BCUT2D eigenvalue weighted by molar-refractivity contribution is 0.154. The lowest BCUT2D eigenvalue weighted by Crippen LogP contribution is -2.28. The smallest absolute Gasteiger partial charge is 0.146 e. The van der Waals surface area contributed by atoms with Crippen molar-refractivity contribution < 1.29 is 9.13 Å². The van der Waals surface area contributed by atoms with Gasteiger partial charge < -0.3 is 15.0 Å². The number of halogens is 1. The first kappa shape index (κ1) is 16.9. The van der Waals surface area contributed by atoms with Crippen LogP contribution in [0.2, 0.25) is 0 Å². The van der Waals surface area contributed by atoms with Crippen molar-refractivity contribution in [3.05, 3.63) is 29.6 Å². The third kappa shape index (κ3) is 4.76. The molecule has 0 aliphatic heterocycles. The summed E-state index contributed by atoms with van der Waals surface area (Å²) in [4.78, 5) is 2.01. The molecule has 1 atom stereocenters. The number of hydrogen-bond acceptors (Lipinski definition) is 3. The molecule has 3 nitrogen and oxygen atoms in total. The summed E-state index contributed by atoms with van der Waals surface area (Å²) >= 11 is 0. The number of ether oxygens (including phenoxy) is 1. The Hall–Kier alpha value is -1.13. The van der Waals surface area contributed by atoms with Gasteiger partial charge in [0.25, 0.3) is 0 Å². The fourth-order valence-electron chi connectivity index (χ4n) is 2.24. The summed E-state index contributed by atoms with van der Waals surface area (Å²) < 4.78 is 19.6. The Morgan fingerprint density at radius 3 is 2.60 bits per heavy atom. The predicted molar refractivity (Wildman–Crippen MR) is 82.9 cm³/mol. The van der Waals surface area contributed by atoms with E-state index < -0.39 is 0 Å².